The summed E-state index contributed by atoms with van der Waals surface area (Å²) < 4.78 is 0. The summed E-state index contributed by atoms with van der Waals surface area (Å²) in [6.07, 6.45) is 2.09. The molecule has 130 valence electrons. The molecule has 0 aliphatic heterocycles. The normalized spacial score (nSPS) is 13.0. The zero-order valence-corrected chi connectivity index (χ0v) is 17.5. The van der Waals surface area contributed by atoms with Crippen molar-refractivity contribution in [3.63, 3.8) is 0 Å². The van der Waals surface area contributed by atoms with E-state index < -0.39 is 0 Å². The number of benzene rings is 2. The molecule has 1 nitrogen and oxygen atoms in total. The van der Waals surface area contributed by atoms with E-state index in [1.54, 1.807) is 0 Å². The molecule has 0 aromatic heterocycles. The molecule has 1 aliphatic carbocycles. The topological polar surface area (TPSA) is 22.3 Å². The third kappa shape index (κ3) is 6.05. The molecule has 0 radical (unpaired) electrons. The molecule has 1 atom stereocenters. The zero-order chi connectivity index (χ0) is 18.0. The fraction of sp³-hybridized carbons (Fsp3) is 0.0400. The maximum atomic E-state index is 10.2. The molecule has 1 aliphatic rings. The van der Waals surface area contributed by atoms with E-state index in [0.717, 1.165) is 5.56 Å². The Bertz CT molecular complexity index is 817. The Balaban J connectivity index is 0.000000195. The largest absolute Gasteiger partial charge is 4.00 e. The van der Waals surface area contributed by atoms with Gasteiger partial charge in [-0.1, -0.05) is 42.3 Å². The number of hydrogen-bond donors (Lipinski definition) is 0. The van der Waals surface area contributed by atoms with Crippen LogP contribution in [0.5, 0.6) is 0 Å². The number of rotatable bonds is 2. The van der Waals surface area contributed by atoms with Crippen molar-refractivity contribution in [2.75, 3.05) is 0 Å². The van der Waals surface area contributed by atoms with Gasteiger partial charge in [0.25, 0.3) is 0 Å². The summed E-state index contributed by atoms with van der Waals surface area (Å²) in [5.41, 5.74) is 3.79. The predicted molar refractivity (Wildman–Crippen MR) is 111 cm³/mol. The first-order chi connectivity index (χ1) is 12.9. The SMILES string of the molecule is [N-]=C(c1ccccc1)C1[CH-]c2ccccc21.[Zr+4].c1cc[cH-]c1.c1cc[cH-]c1. The van der Waals surface area contributed by atoms with Crippen molar-refractivity contribution in [2.45, 2.75) is 5.92 Å². The quantitative estimate of drug-likeness (QED) is 0.269. The van der Waals surface area contributed by atoms with E-state index in [2.05, 4.69) is 18.6 Å². The van der Waals surface area contributed by atoms with Crippen LogP contribution in [0.1, 0.15) is 22.6 Å². The summed E-state index contributed by atoms with van der Waals surface area (Å²) >= 11 is 0. The van der Waals surface area contributed by atoms with Crippen LogP contribution < -0.4 is 0 Å². The molecule has 2 heteroatoms. The summed E-state index contributed by atoms with van der Waals surface area (Å²) in [4.78, 5) is 0. The Morgan fingerprint density at radius 2 is 1.19 bits per heavy atom. The van der Waals surface area contributed by atoms with E-state index in [1.165, 1.54) is 11.1 Å². The molecule has 1 unspecified atom stereocenters. The Morgan fingerprint density at radius 3 is 1.67 bits per heavy atom. The minimum Gasteiger partial charge on any atom is -0.808 e. The molecular formula is C25H21NZr. The van der Waals surface area contributed by atoms with E-state index in [9.17, 15) is 5.41 Å². The van der Waals surface area contributed by atoms with Gasteiger partial charge >= 0.3 is 26.2 Å². The van der Waals surface area contributed by atoms with Crippen molar-refractivity contribution in [3.05, 3.63) is 144 Å². The minimum absolute atomic E-state index is 0. The van der Waals surface area contributed by atoms with Crippen molar-refractivity contribution in [2.24, 2.45) is 0 Å². The Morgan fingerprint density at radius 1 is 0.667 bits per heavy atom. The third-order valence-electron chi connectivity index (χ3n) is 4.15. The second-order valence-corrected chi connectivity index (χ2v) is 5.95. The van der Waals surface area contributed by atoms with E-state index in [-0.39, 0.29) is 32.1 Å². The summed E-state index contributed by atoms with van der Waals surface area (Å²) in [6, 6.07) is 37.9. The Kier molecular flexibility index (Phi) is 8.74. The molecule has 0 heterocycles. The van der Waals surface area contributed by atoms with Crippen molar-refractivity contribution in [3.8, 4) is 0 Å². The maximum absolute atomic E-state index is 10.2. The fourth-order valence-electron chi connectivity index (χ4n) is 2.78. The van der Waals surface area contributed by atoms with Gasteiger partial charge in [0.1, 0.15) is 0 Å². The molecule has 0 spiro atoms. The summed E-state index contributed by atoms with van der Waals surface area (Å²) in [7, 11) is 0. The maximum Gasteiger partial charge on any atom is 4.00 e. The van der Waals surface area contributed by atoms with Crippen LogP contribution in [0, 0.1) is 6.42 Å². The van der Waals surface area contributed by atoms with Crippen LogP contribution in [0.4, 0.5) is 0 Å². The van der Waals surface area contributed by atoms with Crippen molar-refractivity contribution >= 4 is 5.71 Å². The average Bonchev–Trinajstić information content (AvgIpc) is 3.42. The first-order valence-corrected chi connectivity index (χ1v) is 8.74. The molecule has 5 rings (SSSR count). The first kappa shape index (κ1) is 20.9. The van der Waals surface area contributed by atoms with Gasteiger partial charge in [-0.2, -0.15) is 65.7 Å². The minimum atomic E-state index is 0. The molecule has 4 aromatic carbocycles. The molecular weight excluding hydrogens is 406 g/mol. The average molecular weight is 427 g/mol. The molecule has 4 aromatic rings. The monoisotopic (exact) mass is 425 g/mol. The summed E-state index contributed by atoms with van der Waals surface area (Å²) in [6.45, 7) is 0. The smallest absolute Gasteiger partial charge is 0.808 e. The second-order valence-electron chi connectivity index (χ2n) is 5.95. The number of fused-ring (bicyclic) bond motifs is 1. The number of hydrogen-bond acceptors (Lipinski definition) is 0. The Labute approximate surface area is 181 Å². The van der Waals surface area contributed by atoms with Gasteiger partial charge in [-0.3, -0.25) is 0 Å². The predicted octanol–water partition coefficient (Wildman–Crippen LogP) is 6.20. The van der Waals surface area contributed by atoms with E-state index >= 15 is 0 Å². The van der Waals surface area contributed by atoms with E-state index in [1.807, 2.05) is 103 Å². The van der Waals surface area contributed by atoms with Crippen molar-refractivity contribution in [1.82, 2.24) is 0 Å². The summed E-state index contributed by atoms with van der Waals surface area (Å²) in [5.74, 6) is 0.0681. The molecule has 0 saturated carbocycles. The van der Waals surface area contributed by atoms with Gasteiger partial charge in [-0.15, -0.1) is 12.1 Å². The van der Waals surface area contributed by atoms with Crippen molar-refractivity contribution in [1.29, 1.82) is 0 Å². The van der Waals surface area contributed by atoms with E-state index in [0.29, 0.717) is 5.71 Å². The summed E-state index contributed by atoms with van der Waals surface area (Å²) in [5, 5.41) is 10.2. The van der Waals surface area contributed by atoms with Crippen LogP contribution in [0.2, 0.25) is 0 Å². The van der Waals surface area contributed by atoms with Gasteiger partial charge in [0.2, 0.25) is 0 Å². The van der Waals surface area contributed by atoms with Crippen LogP contribution in [-0.4, -0.2) is 5.71 Å². The van der Waals surface area contributed by atoms with Gasteiger partial charge in [-0.25, -0.2) is 24.3 Å². The van der Waals surface area contributed by atoms with Crippen LogP contribution >= 0.6 is 0 Å². The van der Waals surface area contributed by atoms with Crippen LogP contribution in [0.25, 0.3) is 5.41 Å². The van der Waals surface area contributed by atoms with Gasteiger partial charge in [0.05, 0.1) is 0 Å². The second kappa shape index (κ2) is 11.3. The van der Waals surface area contributed by atoms with Gasteiger partial charge in [0.15, 0.2) is 0 Å². The van der Waals surface area contributed by atoms with Crippen LogP contribution in [-0.2, 0) is 26.2 Å². The fourth-order valence-corrected chi connectivity index (χ4v) is 2.78. The van der Waals surface area contributed by atoms with Gasteiger partial charge in [-0.05, 0) is 5.56 Å². The zero-order valence-electron chi connectivity index (χ0n) is 15.1. The molecule has 0 amide bonds. The van der Waals surface area contributed by atoms with Crippen LogP contribution in [0.3, 0.4) is 0 Å². The molecule has 0 saturated heterocycles. The molecule has 0 N–H and O–H groups in total. The molecule has 27 heavy (non-hydrogen) atoms. The Hall–Kier alpha value is -2.44. The molecule has 0 fully saturated rings. The number of nitrogens with zero attached hydrogens (tertiary/aromatic N) is 1. The van der Waals surface area contributed by atoms with Gasteiger partial charge < -0.3 is 5.41 Å². The molecule has 0 bridgehead atoms. The standard InChI is InChI=1S/C15H11N.2C5H5.Zr/c16-15(11-6-2-1-3-7-11)14-10-12-8-4-5-9-13(12)14;2*1-2-4-5-3-1;/h1-10,14H;2*1-5H;/q-2;2*-1;+4. The van der Waals surface area contributed by atoms with Gasteiger partial charge in [0, 0.05) is 0 Å². The van der Waals surface area contributed by atoms with E-state index in [4.69, 9.17) is 0 Å². The first-order valence-electron chi connectivity index (χ1n) is 8.74. The van der Waals surface area contributed by atoms with Crippen molar-refractivity contribution < 1.29 is 26.2 Å². The third-order valence-corrected chi connectivity index (χ3v) is 4.15. The van der Waals surface area contributed by atoms with Crippen LogP contribution in [0.15, 0.2) is 115 Å².